The second kappa shape index (κ2) is 10.5. The molecule has 1 amide bonds. The fourth-order valence-electron chi connectivity index (χ4n) is 3.10. The van der Waals surface area contributed by atoms with E-state index < -0.39 is 26.6 Å². The number of anilines is 1. The van der Waals surface area contributed by atoms with E-state index in [1.54, 1.807) is 0 Å². The lowest BCUT2D eigenvalue weighted by molar-refractivity contribution is 0.0729. The Hall–Kier alpha value is -2.40. The molecule has 0 unspecified atom stereocenters. The van der Waals surface area contributed by atoms with Crippen molar-refractivity contribution in [3.63, 3.8) is 0 Å². The summed E-state index contributed by atoms with van der Waals surface area (Å²) in [7, 11) is -2.65. The number of ether oxygens (including phenoxy) is 3. The lowest BCUT2D eigenvalue weighted by atomic mass is 10.1. The van der Waals surface area contributed by atoms with Crippen molar-refractivity contribution in [2.45, 2.75) is 18.2 Å². The van der Waals surface area contributed by atoms with Gasteiger partial charge in [0.2, 0.25) is 10.0 Å². The minimum atomic E-state index is -4.08. The van der Waals surface area contributed by atoms with Crippen LogP contribution in [0.3, 0.4) is 0 Å². The molecule has 1 saturated heterocycles. The minimum absolute atomic E-state index is 0.115. The van der Waals surface area contributed by atoms with Crippen molar-refractivity contribution in [2.24, 2.45) is 0 Å². The Morgan fingerprint density at radius 3 is 2.62 bits per heavy atom. The smallest absolute Gasteiger partial charge is 0.255 e. The molecule has 1 aliphatic heterocycles. The molecular formula is C21H24ClFN2O6S. The zero-order valence-electron chi connectivity index (χ0n) is 17.7. The minimum Gasteiger partial charge on any atom is -0.493 e. The van der Waals surface area contributed by atoms with Crippen LogP contribution >= 0.6 is 11.6 Å². The SMILES string of the molecule is CCCOc1c(Cl)cc(C(=O)Nc2ccc(F)c(S(=O)(=O)N3CCOCC3)c2)cc1OC. The molecule has 0 radical (unpaired) electrons. The number of carbonyl (C=O) groups is 1. The molecule has 1 aliphatic rings. The quantitative estimate of drug-likeness (QED) is 0.613. The summed E-state index contributed by atoms with van der Waals surface area (Å²) in [4.78, 5) is 12.3. The van der Waals surface area contributed by atoms with Gasteiger partial charge in [-0.15, -0.1) is 0 Å². The summed E-state index contributed by atoms with van der Waals surface area (Å²) in [5, 5.41) is 2.77. The fraction of sp³-hybridized carbons (Fsp3) is 0.381. The molecule has 0 aliphatic carbocycles. The van der Waals surface area contributed by atoms with E-state index in [0.29, 0.717) is 12.4 Å². The third kappa shape index (κ3) is 5.32. The molecule has 0 bridgehead atoms. The Morgan fingerprint density at radius 1 is 1.25 bits per heavy atom. The molecule has 2 aromatic rings. The Morgan fingerprint density at radius 2 is 1.97 bits per heavy atom. The average Bonchev–Trinajstić information content (AvgIpc) is 2.79. The van der Waals surface area contributed by atoms with E-state index in [4.69, 9.17) is 25.8 Å². The summed E-state index contributed by atoms with van der Waals surface area (Å²) in [6.07, 6.45) is 0.766. The molecule has 174 valence electrons. The predicted octanol–water partition coefficient (Wildman–Crippen LogP) is 3.55. The summed E-state index contributed by atoms with van der Waals surface area (Å²) in [5.74, 6) is -0.871. The zero-order valence-corrected chi connectivity index (χ0v) is 19.3. The zero-order chi connectivity index (χ0) is 23.3. The highest BCUT2D eigenvalue weighted by Crippen LogP contribution is 2.37. The maximum atomic E-state index is 14.4. The van der Waals surface area contributed by atoms with Crippen LogP contribution in [0.1, 0.15) is 23.7 Å². The van der Waals surface area contributed by atoms with Gasteiger partial charge in [0.1, 0.15) is 10.7 Å². The third-order valence-corrected chi connectivity index (χ3v) is 6.91. The molecule has 8 nitrogen and oxygen atoms in total. The number of carbonyl (C=O) groups excluding carboxylic acids is 1. The highest BCUT2D eigenvalue weighted by Gasteiger charge is 2.29. The Bertz CT molecular complexity index is 1090. The van der Waals surface area contributed by atoms with Gasteiger partial charge in [0.15, 0.2) is 11.5 Å². The molecule has 0 saturated carbocycles. The number of rotatable bonds is 8. The second-order valence-corrected chi connectivity index (χ2v) is 9.27. The number of methoxy groups -OCH3 is 1. The van der Waals surface area contributed by atoms with E-state index >= 15 is 0 Å². The van der Waals surface area contributed by atoms with Gasteiger partial charge in [-0.2, -0.15) is 4.31 Å². The highest BCUT2D eigenvalue weighted by molar-refractivity contribution is 7.89. The molecule has 0 spiro atoms. The van der Waals surface area contributed by atoms with Gasteiger partial charge in [-0.3, -0.25) is 4.79 Å². The number of benzene rings is 2. The first-order chi connectivity index (χ1) is 15.3. The van der Waals surface area contributed by atoms with Crippen LogP contribution in [0, 0.1) is 5.82 Å². The van der Waals surface area contributed by atoms with Crippen LogP contribution in [0.15, 0.2) is 35.2 Å². The van der Waals surface area contributed by atoms with Crippen LogP contribution in [-0.4, -0.2) is 58.7 Å². The molecule has 1 fully saturated rings. The lowest BCUT2D eigenvalue weighted by Gasteiger charge is -2.26. The van der Waals surface area contributed by atoms with E-state index in [9.17, 15) is 17.6 Å². The molecule has 0 atom stereocenters. The van der Waals surface area contributed by atoms with Crippen molar-refractivity contribution in [2.75, 3.05) is 45.3 Å². The number of hydrogen-bond acceptors (Lipinski definition) is 6. The van der Waals surface area contributed by atoms with E-state index in [2.05, 4.69) is 5.32 Å². The van der Waals surface area contributed by atoms with Gasteiger partial charge in [0, 0.05) is 24.3 Å². The van der Waals surface area contributed by atoms with Gasteiger partial charge in [-0.05, 0) is 36.8 Å². The Labute approximate surface area is 191 Å². The van der Waals surface area contributed by atoms with Crippen molar-refractivity contribution in [3.05, 3.63) is 46.7 Å². The first kappa shape index (κ1) is 24.2. The Balaban J connectivity index is 1.85. The molecule has 3 rings (SSSR count). The number of morpholine rings is 1. The Kier molecular flexibility index (Phi) is 7.94. The van der Waals surface area contributed by atoms with Crippen molar-refractivity contribution < 1.29 is 31.8 Å². The van der Waals surface area contributed by atoms with E-state index in [-0.39, 0.29) is 48.3 Å². The number of hydrogen-bond donors (Lipinski definition) is 1. The van der Waals surface area contributed by atoms with Gasteiger partial charge in [-0.25, -0.2) is 12.8 Å². The van der Waals surface area contributed by atoms with Crippen molar-refractivity contribution >= 4 is 33.2 Å². The van der Waals surface area contributed by atoms with Crippen molar-refractivity contribution in [1.29, 1.82) is 0 Å². The molecule has 0 aromatic heterocycles. The van der Waals surface area contributed by atoms with Gasteiger partial charge >= 0.3 is 0 Å². The molecule has 11 heteroatoms. The van der Waals surface area contributed by atoms with Crippen LogP contribution in [0.4, 0.5) is 10.1 Å². The number of amides is 1. The lowest BCUT2D eigenvalue weighted by Crippen LogP contribution is -2.40. The average molecular weight is 487 g/mol. The topological polar surface area (TPSA) is 94.2 Å². The summed E-state index contributed by atoms with van der Waals surface area (Å²) in [6, 6.07) is 6.25. The third-order valence-electron chi connectivity index (χ3n) is 4.72. The number of halogens is 2. The van der Waals surface area contributed by atoms with E-state index in [1.165, 1.54) is 25.3 Å². The maximum absolute atomic E-state index is 14.4. The van der Waals surface area contributed by atoms with Crippen LogP contribution < -0.4 is 14.8 Å². The van der Waals surface area contributed by atoms with Crippen LogP contribution in [0.25, 0.3) is 0 Å². The molecular weight excluding hydrogens is 463 g/mol. The standard InChI is InChI=1S/C21H24ClFN2O6S/c1-3-8-31-20-16(22)11-14(12-18(20)29-2)21(26)24-15-4-5-17(23)19(13-15)32(27,28)25-6-9-30-10-7-25/h4-5,11-13H,3,6-10H2,1-2H3,(H,24,26). The van der Waals surface area contributed by atoms with E-state index in [1.807, 2.05) is 6.92 Å². The molecule has 1 heterocycles. The van der Waals surface area contributed by atoms with Gasteiger partial charge in [0.05, 0.1) is 32.0 Å². The first-order valence-electron chi connectivity index (χ1n) is 9.97. The number of nitrogens with zero attached hydrogens (tertiary/aromatic N) is 1. The molecule has 32 heavy (non-hydrogen) atoms. The van der Waals surface area contributed by atoms with Crippen molar-refractivity contribution in [1.82, 2.24) is 4.31 Å². The number of sulfonamides is 1. The highest BCUT2D eigenvalue weighted by atomic mass is 35.5. The normalized spacial score (nSPS) is 14.8. The summed E-state index contributed by atoms with van der Waals surface area (Å²) < 4.78 is 57.2. The predicted molar refractivity (Wildman–Crippen MR) is 118 cm³/mol. The van der Waals surface area contributed by atoms with Crippen LogP contribution in [-0.2, 0) is 14.8 Å². The van der Waals surface area contributed by atoms with Crippen molar-refractivity contribution in [3.8, 4) is 11.5 Å². The maximum Gasteiger partial charge on any atom is 0.255 e. The van der Waals surface area contributed by atoms with Gasteiger partial charge < -0.3 is 19.5 Å². The summed E-state index contributed by atoms with van der Waals surface area (Å²) in [5.41, 5.74) is 0.280. The second-order valence-electron chi connectivity index (χ2n) is 6.95. The van der Waals surface area contributed by atoms with Crippen LogP contribution in [0.5, 0.6) is 11.5 Å². The molecule has 2 aromatic carbocycles. The monoisotopic (exact) mass is 486 g/mol. The van der Waals surface area contributed by atoms with Crippen LogP contribution in [0.2, 0.25) is 5.02 Å². The first-order valence-corrected chi connectivity index (χ1v) is 11.8. The number of nitrogens with one attached hydrogen (secondary N) is 1. The fourth-order valence-corrected chi connectivity index (χ4v) is 4.87. The largest absolute Gasteiger partial charge is 0.493 e. The molecule has 1 N–H and O–H groups in total. The van der Waals surface area contributed by atoms with Gasteiger partial charge in [-0.1, -0.05) is 18.5 Å². The van der Waals surface area contributed by atoms with Gasteiger partial charge in [0.25, 0.3) is 5.91 Å². The summed E-state index contributed by atoms with van der Waals surface area (Å²) in [6.45, 7) is 3.10. The summed E-state index contributed by atoms with van der Waals surface area (Å²) >= 11 is 6.26. The van der Waals surface area contributed by atoms with E-state index in [0.717, 1.165) is 22.9 Å².